The summed E-state index contributed by atoms with van der Waals surface area (Å²) >= 11 is 0. The Morgan fingerprint density at radius 1 is 1.18 bits per heavy atom. The minimum Gasteiger partial charge on any atom is -0.491 e. The van der Waals surface area contributed by atoms with Crippen LogP contribution in [0.15, 0.2) is 42.7 Å². The van der Waals surface area contributed by atoms with E-state index in [4.69, 9.17) is 4.74 Å². The highest BCUT2D eigenvalue weighted by Gasteiger charge is 2.18. The number of rotatable bonds is 11. The van der Waals surface area contributed by atoms with Crippen molar-refractivity contribution in [1.82, 2.24) is 24.9 Å². The third-order valence-corrected chi connectivity index (χ3v) is 5.13. The van der Waals surface area contributed by atoms with E-state index in [1.165, 1.54) is 5.56 Å². The fraction of sp³-hybridized carbons (Fsp3) is 0.571. The number of benzene rings is 1. The van der Waals surface area contributed by atoms with Crippen LogP contribution in [0, 0.1) is 0 Å². The normalized spacial score (nSPS) is 16.9. The molecule has 1 aliphatic heterocycles. The average molecular weight is 388 g/mol. The molecule has 0 aliphatic carbocycles. The van der Waals surface area contributed by atoms with E-state index in [-0.39, 0.29) is 0 Å². The minimum absolute atomic E-state index is 0.324. The number of aromatic nitrogens is 2. The first kappa shape index (κ1) is 20.8. The van der Waals surface area contributed by atoms with Gasteiger partial charge in [0.1, 0.15) is 18.5 Å². The van der Waals surface area contributed by atoms with Crippen LogP contribution in [0.2, 0.25) is 0 Å². The van der Waals surface area contributed by atoms with Gasteiger partial charge in [-0.1, -0.05) is 19.1 Å². The molecule has 1 unspecified atom stereocenters. The highest BCUT2D eigenvalue weighted by atomic mass is 16.5. The molecular formula is C21H33N5O2. The van der Waals surface area contributed by atoms with E-state index >= 15 is 0 Å². The molecule has 0 radical (unpaired) electrons. The molecule has 0 bridgehead atoms. The Morgan fingerprint density at radius 3 is 2.75 bits per heavy atom. The predicted octanol–water partition coefficient (Wildman–Crippen LogP) is 1.05. The van der Waals surface area contributed by atoms with Gasteiger partial charge in [-0.25, -0.2) is 0 Å². The Bertz CT molecular complexity index is 671. The van der Waals surface area contributed by atoms with Crippen molar-refractivity contribution in [2.75, 3.05) is 52.4 Å². The van der Waals surface area contributed by atoms with Crippen molar-refractivity contribution < 1.29 is 9.84 Å². The fourth-order valence-corrected chi connectivity index (χ4v) is 3.44. The lowest BCUT2D eigenvalue weighted by Crippen LogP contribution is -2.49. The van der Waals surface area contributed by atoms with Crippen molar-refractivity contribution in [3.8, 4) is 5.75 Å². The van der Waals surface area contributed by atoms with Crippen LogP contribution < -0.4 is 10.1 Å². The van der Waals surface area contributed by atoms with Gasteiger partial charge in [0, 0.05) is 58.2 Å². The predicted molar refractivity (Wildman–Crippen MR) is 110 cm³/mol. The van der Waals surface area contributed by atoms with E-state index in [0.717, 1.165) is 58.1 Å². The second-order valence-electron chi connectivity index (χ2n) is 7.29. The number of β-amino-alcohol motifs (C(OH)–C–C–N with tert-alkyl or cyclic N) is 1. The maximum Gasteiger partial charge on any atom is 0.119 e. The maximum atomic E-state index is 10.3. The number of likely N-dealkylation sites (N-methyl/N-ethyl adjacent to an activating group) is 1. The summed E-state index contributed by atoms with van der Waals surface area (Å²) in [6.45, 7) is 11.0. The minimum atomic E-state index is -0.468. The maximum absolute atomic E-state index is 10.3. The molecule has 0 amide bonds. The number of piperazine rings is 1. The van der Waals surface area contributed by atoms with Crippen LogP contribution >= 0.6 is 0 Å². The van der Waals surface area contributed by atoms with E-state index in [2.05, 4.69) is 33.2 Å². The van der Waals surface area contributed by atoms with Gasteiger partial charge in [-0.05, 0) is 30.3 Å². The van der Waals surface area contributed by atoms with Crippen molar-refractivity contribution in [1.29, 1.82) is 0 Å². The molecule has 154 valence electrons. The van der Waals surface area contributed by atoms with Gasteiger partial charge in [-0.3, -0.25) is 9.58 Å². The highest BCUT2D eigenvalue weighted by molar-refractivity contribution is 5.28. The third-order valence-electron chi connectivity index (χ3n) is 5.13. The van der Waals surface area contributed by atoms with Crippen molar-refractivity contribution in [2.24, 2.45) is 0 Å². The van der Waals surface area contributed by atoms with Crippen LogP contribution in [0.1, 0.15) is 12.5 Å². The molecule has 1 fully saturated rings. The van der Waals surface area contributed by atoms with E-state index in [1.807, 2.05) is 35.1 Å². The molecule has 2 heterocycles. The van der Waals surface area contributed by atoms with Crippen LogP contribution in [0.4, 0.5) is 0 Å². The third kappa shape index (κ3) is 6.91. The van der Waals surface area contributed by atoms with Crippen molar-refractivity contribution in [3.63, 3.8) is 0 Å². The summed E-state index contributed by atoms with van der Waals surface area (Å²) in [6, 6.07) is 9.99. The summed E-state index contributed by atoms with van der Waals surface area (Å²) < 4.78 is 7.74. The summed E-state index contributed by atoms with van der Waals surface area (Å²) in [5.41, 5.74) is 1.17. The molecule has 0 saturated carbocycles. The number of nitrogens with zero attached hydrogens (tertiary/aromatic N) is 4. The van der Waals surface area contributed by atoms with Gasteiger partial charge in [-0.2, -0.15) is 5.10 Å². The molecule has 3 rings (SSSR count). The summed E-state index contributed by atoms with van der Waals surface area (Å²) in [6.07, 6.45) is 3.29. The van der Waals surface area contributed by atoms with Gasteiger partial charge < -0.3 is 20.1 Å². The zero-order valence-electron chi connectivity index (χ0n) is 16.8. The molecule has 2 N–H and O–H groups in total. The SMILES string of the molecule is CCN1CCN(CC(O)COc2cccc(CNCCn3cccn3)c2)CC1. The van der Waals surface area contributed by atoms with E-state index in [1.54, 1.807) is 6.20 Å². The Hall–Kier alpha value is -1.93. The second-order valence-corrected chi connectivity index (χ2v) is 7.29. The van der Waals surface area contributed by atoms with Crippen LogP contribution in [0.5, 0.6) is 5.75 Å². The summed E-state index contributed by atoms with van der Waals surface area (Å²) in [7, 11) is 0. The standard InChI is InChI=1S/C21H33N5O2/c1-2-24-11-13-25(14-12-24)17-20(27)18-28-21-6-3-5-19(15-21)16-22-8-10-26-9-4-7-23-26/h3-7,9,15,20,22,27H,2,8,10-14,16-18H2,1H3. The number of hydrogen-bond donors (Lipinski definition) is 2. The quantitative estimate of drug-likeness (QED) is 0.562. The second kappa shape index (κ2) is 11.2. The number of aliphatic hydroxyl groups excluding tert-OH is 1. The zero-order chi connectivity index (χ0) is 19.6. The molecule has 7 heteroatoms. The van der Waals surface area contributed by atoms with Crippen LogP contribution in [0.25, 0.3) is 0 Å². The van der Waals surface area contributed by atoms with Crippen molar-refractivity contribution in [2.45, 2.75) is 26.1 Å². The molecule has 28 heavy (non-hydrogen) atoms. The topological polar surface area (TPSA) is 65.8 Å². The Balaban J connectivity index is 1.34. The molecule has 7 nitrogen and oxygen atoms in total. The Kier molecular flexibility index (Phi) is 8.29. The fourth-order valence-electron chi connectivity index (χ4n) is 3.44. The monoisotopic (exact) mass is 387 g/mol. The number of aliphatic hydroxyl groups is 1. The lowest BCUT2D eigenvalue weighted by molar-refractivity contribution is 0.0471. The number of nitrogens with one attached hydrogen (secondary N) is 1. The number of ether oxygens (including phenoxy) is 1. The van der Waals surface area contributed by atoms with Gasteiger partial charge >= 0.3 is 0 Å². The molecule has 0 spiro atoms. The van der Waals surface area contributed by atoms with E-state index < -0.39 is 6.10 Å². The first-order valence-corrected chi connectivity index (χ1v) is 10.3. The first-order chi connectivity index (χ1) is 13.7. The van der Waals surface area contributed by atoms with E-state index in [0.29, 0.717) is 13.2 Å². The average Bonchev–Trinajstić information content (AvgIpc) is 3.24. The smallest absolute Gasteiger partial charge is 0.119 e. The molecule has 1 saturated heterocycles. The zero-order valence-corrected chi connectivity index (χ0v) is 16.8. The van der Waals surface area contributed by atoms with Gasteiger partial charge in [-0.15, -0.1) is 0 Å². The Labute approximate surface area is 167 Å². The molecule has 1 aromatic carbocycles. The first-order valence-electron chi connectivity index (χ1n) is 10.3. The van der Waals surface area contributed by atoms with Gasteiger partial charge in [0.2, 0.25) is 0 Å². The summed E-state index contributed by atoms with van der Waals surface area (Å²) in [5, 5.41) is 17.9. The Morgan fingerprint density at radius 2 is 2.00 bits per heavy atom. The highest BCUT2D eigenvalue weighted by Crippen LogP contribution is 2.14. The van der Waals surface area contributed by atoms with Crippen molar-refractivity contribution in [3.05, 3.63) is 48.3 Å². The lowest BCUT2D eigenvalue weighted by Gasteiger charge is -2.34. The molecule has 1 aromatic heterocycles. The van der Waals surface area contributed by atoms with Gasteiger partial charge in [0.15, 0.2) is 0 Å². The molecule has 1 aliphatic rings. The van der Waals surface area contributed by atoms with Crippen LogP contribution in [-0.2, 0) is 13.1 Å². The van der Waals surface area contributed by atoms with Crippen LogP contribution in [-0.4, -0.2) is 83.2 Å². The largest absolute Gasteiger partial charge is 0.491 e. The van der Waals surface area contributed by atoms with Crippen molar-refractivity contribution >= 4 is 0 Å². The lowest BCUT2D eigenvalue weighted by atomic mass is 10.2. The summed E-state index contributed by atoms with van der Waals surface area (Å²) in [4.78, 5) is 4.76. The molecular weight excluding hydrogens is 354 g/mol. The molecule has 1 atom stereocenters. The van der Waals surface area contributed by atoms with Crippen LogP contribution in [0.3, 0.4) is 0 Å². The summed E-state index contributed by atoms with van der Waals surface area (Å²) in [5.74, 6) is 0.807. The van der Waals surface area contributed by atoms with Gasteiger partial charge in [0.05, 0.1) is 6.54 Å². The number of hydrogen-bond acceptors (Lipinski definition) is 6. The van der Waals surface area contributed by atoms with E-state index in [9.17, 15) is 5.11 Å². The molecule has 2 aromatic rings. The van der Waals surface area contributed by atoms with Gasteiger partial charge in [0.25, 0.3) is 0 Å².